The summed E-state index contributed by atoms with van der Waals surface area (Å²) in [6, 6.07) is 3.96. The van der Waals surface area contributed by atoms with E-state index in [0.717, 1.165) is 6.42 Å². The van der Waals surface area contributed by atoms with Gasteiger partial charge in [-0.25, -0.2) is 18.2 Å². The first-order chi connectivity index (χ1) is 27.3. The van der Waals surface area contributed by atoms with E-state index in [4.69, 9.17) is 9.47 Å². The molecule has 4 heterocycles. The zero-order valence-electron chi connectivity index (χ0n) is 32.9. The lowest BCUT2D eigenvalue weighted by Crippen LogP contribution is -2.58. The molecule has 3 aliphatic heterocycles. The minimum Gasteiger partial charge on any atom is -0.483 e. The number of benzene rings is 1. The van der Waals surface area contributed by atoms with E-state index in [-0.39, 0.29) is 50.1 Å². The summed E-state index contributed by atoms with van der Waals surface area (Å²) in [6.07, 6.45) is 3.02. The first-order valence-electron chi connectivity index (χ1n) is 20.3. The zero-order chi connectivity index (χ0) is 41.5. The third kappa shape index (κ3) is 7.29. The highest BCUT2D eigenvalue weighted by Gasteiger charge is 2.64. The predicted octanol–water partition coefficient (Wildman–Crippen LogP) is 5.60. The first kappa shape index (κ1) is 40.4. The van der Waals surface area contributed by atoms with Crippen LogP contribution in [0.3, 0.4) is 0 Å². The van der Waals surface area contributed by atoms with Crippen LogP contribution < -0.4 is 20.1 Å². The van der Waals surface area contributed by atoms with Crippen molar-refractivity contribution in [2.45, 2.75) is 144 Å². The van der Waals surface area contributed by atoms with E-state index in [1.54, 1.807) is 31.2 Å². The van der Waals surface area contributed by atoms with Gasteiger partial charge < -0.3 is 25.0 Å². The fourth-order valence-corrected chi connectivity index (χ4v) is 10.3. The van der Waals surface area contributed by atoms with Gasteiger partial charge in [-0.15, -0.1) is 0 Å². The monoisotopic (exact) mass is 829 g/mol. The Balaban J connectivity index is 1.15. The number of halogens is 3. The van der Waals surface area contributed by atoms with Crippen molar-refractivity contribution < 1.29 is 50.2 Å². The predicted molar refractivity (Wildman–Crippen MR) is 205 cm³/mol. The summed E-state index contributed by atoms with van der Waals surface area (Å²) < 4.78 is 83.7. The lowest BCUT2D eigenvalue weighted by atomic mass is 9.87. The maximum Gasteiger partial charge on any atom is 0.437 e. The third-order valence-corrected chi connectivity index (χ3v) is 15.5. The number of rotatable bonds is 6. The number of carbonyl (C=O) groups excluding carboxylic acids is 4. The lowest BCUT2D eigenvalue weighted by Gasteiger charge is -2.37. The number of nitrogens with one attached hydrogen (secondary N) is 3. The Morgan fingerprint density at radius 2 is 1.79 bits per heavy atom. The molecule has 13 nitrogen and oxygen atoms in total. The molecule has 5 atom stereocenters. The highest BCUT2D eigenvalue weighted by molar-refractivity contribution is 7.91. The number of allylic oxidation sites excluding steroid dienone is 1. The van der Waals surface area contributed by atoms with Gasteiger partial charge in [0.25, 0.3) is 5.91 Å². The number of sulfonamides is 1. The van der Waals surface area contributed by atoms with Gasteiger partial charge in [-0.2, -0.15) is 13.2 Å². The van der Waals surface area contributed by atoms with E-state index in [1.807, 2.05) is 19.9 Å². The summed E-state index contributed by atoms with van der Waals surface area (Å²) in [4.78, 5) is 62.0. The van der Waals surface area contributed by atoms with Gasteiger partial charge in [0, 0.05) is 23.3 Å². The number of aryl methyl sites for hydroxylation is 1. The Hall–Kier alpha value is -4.41. The number of pyridine rings is 1. The van der Waals surface area contributed by atoms with Gasteiger partial charge in [-0.05, 0) is 83.1 Å². The molecule has 1 spiro atoms. The number of aromatic nitrogens is 1. The summed E-state index contributed by atoms with van der Waals surface area (Å²) in [5.74, 6) is -3.30. The van der Waals surface area contributed by atoms with Crippen LogP contribution in [-0.2, 0) is 41.7 Å². The van der Waals surface area contributed by atoms with E-state index in [2.05, 4.69) is 20.3 Å². The van der Waals surface area contributed by atoms with Crippen molar-refractivity contribution in [1.29, 1.82) is 0 Å². The van der Waals surface area contributed by atoms with Gasteiger partial charge in [-0.3, -0.25) is 19.1 Å². The molecule has 1 aromatic carbocycles. The van der Waals surface area contributed by atoms with Gasteiger partial charge in [0.1, 0.15) is 28.8 Å². The van der Waals surface area contributed by atoms with Crippen molar-refractivity contribution in [3.8, 4) is 5.75 Å². The Morgan fingerprint density at radius 1 is 1.05 bits per heavy atom. The number of alkyl carbamates (subject to hydrolysis) is 1. The number of ether oxygens (including phenoxy) is 2. The fraction of sp³-hybridized carbons (Fsp3) is 0.634. The van der Waals surface area contributed by atoms with Gasteiger partial charge in [0.05, 0.1) is 16.8 Å². The summed E-state index contributed by atoms with van der Waals surface area (Å²) >= 11 is 0. The van der Waals surface area contributed by atoms with Crippen LogP contribution >= 0.6 is 0 Å². The molecule has 1 saturated heterocycles. The standard InChI is InChI=1S/C41H50F3N5O8S/c1-24(2)39(19-20-39)57-36(53)46-29-14-8-6-4-5-7-11-25-21-40(25,35(52)48-58(54,55)37(3)17-18-37)47-33(50)30-22-38(23-49(30)34(29)51)16-15-27-26-12-9-10-13-28(26)45-32(31(27)56-38)41(42,43)44/h7,9-13,24-25,29-30H,4-6,8,14-23H2,1-3H3,(H,46,53)(H,47,50)(H,48,52)/b11-7-/t25-,29+,30+,38-,40-/m1/s1. The van der Waals surface area contributed by atoms with Gasteiger partial charge in [0.15, 0.2) is 11.4 Å². The summed E-state index contributed by atoms with van der Waals surface area (Å²) in [6.45, 7) is 5.13. The van der Waals surface area contributed by atoms with Crippen LogP contribution in [0.2, 0.25) is 0 Å². The molecule has 0 bridgehead atoms. The molecule has 3 N–H and O–H groups in total. The average molecular weight is 830 g/mol. The number of nitrogens with zero attached hydrogens (tertiary/aromatic N) is 2. The van der Waals surface area contributed by atoms with Crippen LogP contribution in [0.25, 0.3) is 10.9 Å². The lowest BCUT2D eigenvalue weighted by molar-refractivity contribution is -0.144. The molecule has 58 heavy (non-hydrogen) atoms. The molecular formula is C41H50F3N5O8S. The third-order valence-electron chi connectivity index (χ3n) is 13.4. The Labute approximate surface area is 335 Å². The maximum absolute atomic E-state index is 14.8. The number of carbonyl (C=O) groups is 4. The Morgan fingerprint density at radius 3 is 2.48 bits per heavy atom. The zero-order valence-corrected chi connectivity index (χ0v) is 33.7. The molecule has 2 aromatic rings. The number of fused-ring (bicyclic) bond motifs is 5. The van der Waals surface area contributed by atoms with Crippen molar-refractivity contribution >= 4 is 44.7 Å². The van der Waals surface area contributed by atoms with Crippen LogP contribution in [0.4, 0.5) is 18.0 Å². The molecule has 0 radical (unpaired) electrons. The minimum atomic E-state index is -4.89. The topological polar surface area (TPSA) is 173 Å². The van der Waals surface area contributed by atoms with E-state index in [9.17, 15) is 40.8 Å². The fourth-order valence-electron chi connectivity index (χ4n) is 8.95. The summed E-state index contributed by atoms with van der Waals surface area (Å²) in [5.41, 5.74) is -4.52. The number of amides is 4. The number of hydrogen-bond acceptors (Lipinski definition) is 9. The average Bonchev–Trinajstić information content (AvgIpc) is 4.11. The van der Waals surface area contributed by atoms with Crippen LogP contribution in [0.1, 0.15) is 109 Å². The quantitative estimate of drug-likeness (QED) is 0.314. The van der Waals surface area contributed by atoms with Crippen LogP contribution in [0.15, 0.2) is 36.4 Å². The van der Waals surface area contributed by atoms with Crippen LogP contribution in [0.5, 0.6) is 5.75 Å². The minimum absolute atomic E-state index is 0.0406. The molecule has 8 rings (SSSR count). The highest BCUT2D eigenvalue weighted by Crippen LogP contribution is 2.51. The summed E-state index contributed by atoms with van der Waals surface area (Å²) in [7, 11) is -4.08. The number of para-hydroxylation sites is 1. The normalized spacial score (nSPS) is 30.7. The molecule has 0 unspecified atom stereocenters. The largest absolute Gasteiger partial charge is 0.483 e. The van der Waals surface area contributed by atoms with Gasteiger partial charge in [-0.1, -0.05) is 57.0 Å². The van der Waals surface area contributed by atoms with Gasteiger partial charge in [0.2, 0.25) is 21.8 Å². The van der Waals surface area contributed by atoms with Crippen LogP contribution in [-0.4, -0.2) is 82.2 Å². The molecule has 6 aliphatic rings. The van der Waals surface area contributed by atoms with E-state index >= 15 is 0 Å². The van der Waals surface area contributed by atoms with Crippen molar-refractivity contribution in [3.63, 3.8) is 0 Å². The molecule has 3 aliphatic carbocycles. The molecular weight excluding hydrogens is 780 g/mol. The smallest absolute Gasteiger partial charge is 0.437 e. The van der Waals surface area contributed by atoms with E-state index in [0.29, 0.717) is 55.9 Å². The van der Waals surface area contributed by atoms with Crippen LogP contribution in [0, 0.1) is 11.8 Å². The molecule has 17 heteroatoms. The molecule has 3 saturated carbocycles. The second-order valence-corrected chi connectivity index (χ2v) is 20.0. The second-order valence-electron chi connectivity index (χ2n) is 17.8. The Kier molecular flexibility index (Phi) is 9.82. The number of hydrogen-bond donors (Lipinski definition) is 3. The molecule has 4 amide bonds. The van der Waals surface area contributed by atoms with Crippen molar-refractivity contribution in [1.82, 2.24) is 25.2 Å². The van der Waals surface area contributed by atoms with Gasteiger partial charge >= 0.3 is 12.3 Å². The molecule has 314 valence electrons. The highest BCUT2D eigenvalue weighted by atomic mass is 32.2. The Bertz CT molecular complexity index is 2190. The second kappa shape index (κ2) is 14.1. The number of alkyl halides is 3. The maximum atomic E-state index is 14.8. The van der Waals surface area contributed by atoms with E-state index < -0.39 is 90.9 Å². The van der Waals surface area contributed by atoms with Crippen molar-refractivity contribution in [2.75, 3.05) is 6.54 Å². The van der Waals surface area contributed by atoms with E-state index in [1.165, 1.54) is 11.0 Å². The summed E-state index contributed by atoms with van der Waals surface area (Å²) in [5, 5.41) is 6.06. The van der Waals surface area contributed by atoms with Crippen molar-refractivity contribution in [2.24, 2.45) is 11.8 Å². The first-order valence-corrected chi connectivity index (χ1v) is 21.8. The van der Waals surface area contributed by atoms with Crippen molar-refractivity contribution in [3.05, 3.63) is 47.7 Å². The molecule has 1 aromatic heterocycles. The molecule has 4 fully saturated rings. The SMILES string of the molecule is CC(C)C1(OC(=O)N[C@H]2CCCCC/C=C\[C@@H]3C[C@@]3(C(=O)NS(=O)(=O)C3(C)CC3)NC(=O)[C@@H]3C[C@]4(CCc5c(c(C(F)(F)F)nc6ccccc56)O4)CN3C2=O)CC1.